The molecule has 0 amide bonds. The average Bonchev–Trinajstić information content (AvgIpc) is 3.02. The van der Waals surface area contributed by atoms with Crippen LogP contribution in [0.15, 0.2) is 24.3 Å². The number of hydrogen-bond donors (Lipinski definition) is 2. The molecule has 0 unspecified atom stereocenters. The van der Waals surface area contributed by atoms with E-state index < -0.39 is 6.10 Å². The SMILES string of the molecule is O[C@@H](CNCCOc1ccccc1F)COC[C@@H]1CCCO1. The maximum atomic E-state index is 13.3. The maximum Gasteiger partial charge on any atom is 0.165 e. The van der Waals surface area contributed by atoms with E-state index in [-0.39, 0.29) is 24.3 Å². The summed E-state index contributed by atoms with van der Waals surface area (Å²) in [5, 5.41) is 12.8. The Morgan fingerprint density at radius 1 is 1.41 bits per heavy atom. The highest BCUT2D eigenvalue weighted by atomic mass is 19.1. The predicted octanol–water partition coefficient (Wildman–Crippen LogP) is 1.35. The average molecular weight is 313 g/mol. The summed E-state index contributed by atoms with van der Waals surface area (Å²) < 4.78 is 29.4. The van der Waals surface area contributed by atoms with E-state index >= 15 is 0 Å². The first kappa shape index (κ1) is 17.1. The molecule has 1 aliphatic rings. The Labute approximate surface area is 130 Å². The zero-order chi connectivity index (χ0) is 15.6. The molecule has 0 radical (unpaired) electrons. The quantitative estimate of drug-likeness (QED) is 0.639. The summed E-state index contributed by atoms with van der Waals surface area (Å²) in [4.78, 5) is 0. The van der Waals surface area contributed by atoms with Gasteiger partial charge < -0.3 is 24.6 Å². The minimum Gasteiger partial charge on any atom is -0.489 e. The fourth-order valence-corrected chi connectivity index (χ4v) is 2.23. The molecule has 1 heterocycles. The van der Waals surface area contributed by atoms with Crippen LogP contribution >= 0.6 is 0 Å². The molecule has 0 aromatic heterocycles. The lowest BCUT2D eigenvalue weighted by atomic mass is 10.2. The number of hydrogen-bond acceptors (Lipinski definition) is 5. The molecule has 2 atom stereocenters. The Bertz CT molecular complexity index is 426. The Hall–Kier alpha value is -1.21. The van der Waals surface area contributed by atoms with Crippen molar-refractivity contribution >= 4 is 0 Å². The Morgan fingerprint density at radius 3 is 3.05 bits per heavy atom. The van der Waals surface area contributed by atoms with Crippen LogP contribution in [0.4, 0.5) is 4.39 Å². The van der Waals surface area contributed by atoms with Gasteiger partial charge in [-0.1, -0.05) is 12.1 Å². The molecule has 1 fully saturated rings. The molecule has 0 saturated carbocycles. The van der Waals surface area contributed by atoms with E-state index in [4.69, 9.17) is 14.2 Å². The molecule has 1 aromatic carbocycles. The predicted molar refractivity (Wildman–Crippen MR) is 80.6 cm³/mol. The van der Waals surface area contributed by atoms with Crippen molar-refractivity contribution in [3.63, 3.8) is 0 Å². The first-order valence-electron chi connectivity index (χ1n) is 7.71. The molecule has 0 aliphatic carbocycles. The zero-order valence-corrected chi connectivity index (χ0v) is 12.7. The van der Waals surface area contributed by atoms with E-state index in [0.29, 0.717) is 26.3 Å². The summed E-state index contributed by atoms with van der Waals surface area (Å²) in [5.74, 6) is -0.130. The third kappa shape index (κ3) is 6.27. The molecule has 124 valence electrons. The van der Waals surface area contributed by atoms with E-state index in [0.717, 1.165) is 19.4 Å². The van der Waals surface area contributed by atoms with E-state index in [2.05, 4.69) is 5.32 Å². The fraction of sp³-hybridized carbons (Fsp3) is 0.625. The normalized spacial score (nSPS) is 19.3. The van der Waals surface area contributed by atoms with Crippen LogP contribution in [-0.2, 0) is 9.47 Å². The fourth-order valence-electron chi connectivity index (χ4n) is 2.23. The summed E-state index contributed by atoms with van der Waals surface area (Å²) in [6.45, 7) is 2.89. The summed E-state index contributed by atoms with van der Waals surface area (Å²) >= 11 is 0. The standard InChI is InChI=1S/C16H24FNO4/c17-15-5-1-2-6-16(15)22-9-7-18-10-13(19)11-20-12-14-4-3-8-21-14/h1-2,5-6,13-14,18-19H,3-4,7-12H2/t13-,14-/m0/s1. The van der Waals surface area contributed by atoms with Gasteiger partial charge in [0.1, 0.15) is 6.61 Å². The van der Waals surface area contributed by atoms with E-state index in [1.807, 2.05) is 0 Å². The number of nitrogens with one attached hydrogen (secondary N) is 1. The third-order valence-electron chi connectivity index (χ3n) is 3.39. The molecule has 1 aliphatic heterocycles. The van der Waals surface area contributed by atoms with Gasteiger partial charge in [-0.2, -0.15) is 0 Å². The molecule has 22 heavy (non-hydrogen) atoms. The lowest BCUT2D eigenvalue weighted by Crippen LogP contribution is -2.33. The van der Waals surface area contributed by atoms with Crippen molar-refractivity contribution in [3.05, 3.63) is 30.1 Å². The van der Waals surface area contributed by atoms with Crippen molar-refractivity contribution in [2.75, 3.05) is 39.5 Å². The molecule has 2 N–H and O–H groups in total. The van der Waals surface area contributed by atoms with Crippen LogP contribution in [0.5, 0.6) is 5.75 Å². The second kappa shape index (κ2) is 9.74. The van der Waals surface area contributed by atoms with Crippen molar-refractivity contribution in [2.45, 2.75) is 25.0 Å². The van der Waals surface area contributed by atoms with E-state index in [9.17, 15) is 9.50 Å². The number of benzene rings is 1. The highest BCUT2D eigenvalue weighted by Gasteiger charge is 2.16. The highest BCUT2D eigenvalue weighted by Crippen LogP contribution is 2.14. The minimum atomic E-state index is -0.574. The van der Waals surface area contributed by atoms with Crippen molar-refractivity contribution in [1.82, 2.24) is 5.32 Å². The number of ether oxygens (including phenoxy) is 3. The van der Waals surface area contributed by atoms with Crippen LogP contribution < -0.4 is 10.1 Å². The Morgan fingerprint density at radius 2 is 2.27 bits per heavy atom. The van der Waals surface area contributed by atoms with Gasteiger partial charge >= 0.3 is 0 Å². The smallest absolute Gasteiger partial charge is 0.165 e. The summed E-state index contributed by atoms with van der Waals surface area (Å²) in [5.41, 5.74) is 0. The highest BCUT2D eigenvalue weighted by molar-refractivity contribution is 5.23. The van der Waals surface area contributed by atoms with Crippen LogP contribution in [0.3, 0.4) is 0 Å². The molecule has 1 saturated heterocycles. The summed E-state index contributed by atoms with van der Waals surface area (Å²) in [7, 11) is 0. The maximum absolute atomic E-state index is 13.3. The molecule has 2 rings (SSSR count). The van der Waals surface area contributed by atoms with Crippen LogP contribution in [-0.4, -0.2) is 56.8 Å². The number of halogens is 1. The summed E-state index contributed by atoms with van der Waals surface area (Å²) in [6, 6.07) is 6.29. The van der Waals surface area contributed by atoms with Crippen LogP contribution in [0, 0.1) is 5.82 Å². The first-order valence-corrected chi connectivity index (χ1v) is 7.71. The van der Waals surface area contributed by atoms with Crippen LogP contribution in [0.1, 0.15) is 12.8 Å². The van der Waals surface area contributed by atoms with Crippen molar-refractivity contribution in [3.8, 4) is 5.75 Å². The molecule has 1 aromatic rings. The Balaban J connectivity index is 1.46. The lowest BCUT2D eigenvalue weighted by Gasteiger charge is -2.15. The molecular weight excluding hydrogens is 289 g/mol. The monoisotopic (exact) mass is 313 g/mol. The third-order valence-corrected chi connectivity index (χ3v) is 3.39. The largest absolute Gasteiger partial charge is 0.489 e. The van der Waals surface area contributed by atoms with E-state index in [1.54, 1.807) is 18.2 Å². The number of rotatable bonds is 10. The van der Waals surface area contributed by atoms with Gasteiger partial charge in [0.25, 0.3) is 0 Å². The van der Waals surface area contributed by atoms with Gasteiger partial charge in [-0.25, -0.2) is 4.39 Å². The van der Waals surface area contributed by atoms with Gasteiger partial charge in [-0.05, 0) is 25.0 Å². The van der Waals surface area contributed by atoms with Crippen molar-refractivity contribution in [1.29, 1.82) is 0 Å². The van der Waals surface area contributed by atoms with Crippen LogP contribution in [0.2, 0.25) is 0 Å². The lowest BCUT2D eigenvalue weighted by molar-refractivity contribution is -0.0164. The molecule has 0 bridgehead atoms. The second-order valence-electron chi connectivity index (χ2n) is 5.31. The van der Waals surface area contributed by atoms with Gasteiger partial charge in [0.15, 0.2) is 11.6 Å². The minimum absolute atomic E-state index is 0.175. The Kier molecular flexibility index (Phi) is 7.59. The second-order valence-corrected chi connectivity index (χ2v) is 5.31. The van der Waals surface area contributed by atoms with Gasteiger partial charge in [0.05, 0.1) is 25.4 Å². The van der Waals surface area contributed by atoms with Gasteiger partial charge in [0.2, 0.25) is 0 Å². The van der Waals surface area contributed by atoms with E-state index in [1.165, 1.54) is 6.07 Å². The zero-order valence-electron chi connectivity index (χ0n) is 12.7. The number of para-hydroxylation sites is 1. The number of aliphatic hydroxyl groups is 1. The van der Waals surface area contributed by atoms with Crippen molar-refractivity contribution in [2.24, 2.45) is 0 Å². The topological polar surface area (TPSA) is 60.0 Å². The first-order chi connectivity index (χ1) is 10.8. The molecular formula is C16H24FNO4. The van der Waals surface area contributed by atoms with Gasteiger partial charge in [-0.3, -0.25) is 0 Å². The summed E-state index contributed by atoms with van der Waals surface area (Å²) in [6.07, 6.45) is 1.71. The molecule has 5 nitrogen and oxygen atoms in total. The van der Waals surface area contributed by atoms with Gasteiger partial charge in [-0.15, -0.1) is 0 Å². The van der Waals surface area contributed by atoms with Crippen molar-refractivity contribution < 1.29 is 23.7 Å². The molecule has 6 heteroatoms. The number of aliphatic hydroxyl groups excluding tert-OH is 1. The van der Waals surface area contributed by atoms with Gasteiger partial charge in [0, 0.05) is 19.7 Å². The molecule has 0 spiro atoms. The van der Waals surface area contributed by atoms with Crippen LogP contribution in [0.25, 0.3) is 0 Å².